The second-order valence-corrected chi connectivity index (χ2v) is 4.08. The van der Waals surface area contributed by atoms with Gasteiger partial charge in [0.1, 0.15) is 5.75 Å². The minimum absolute atomic E-state index is 0.210. The quantitative estimate of drug-likeness (QED) is 0.741. The van der Waals surface area contributed by atoms with Gasteiger partial charge in [0.15, 0.2) is 11.6 Å². The number of methoxy groups -OCH3 is 1. The van der Waals surface area contributed by atoms with Crippen LogP contribution in [0.4, 0.5) is 5.95 Å². The number of nitrogens with two attached hydrogens (primary N) is 1. The number of hydrogen-bond donors (Lipinski definition) is 2. The lowest BCUT2D eigenvalue weighted by Crippen LogP contribution is -1.98. The van der Waals surface area contributed by atoms with Gasteiger partial charge in [0.2, 0.25) is 5.95 Å². The number of nitrogens with zero attached hydrogens (tertiary/aromatic N) is 4. The third kappa shape index (κ3) is 1.79. The molecule has 3 aromatic rings. The topological polar surface area (TPSA) is 94.6 Å². The lowest BCUT2D eigenvalue weighted by Gasteiger charge is -2.03. The molecular formula is C12H14N6O. The summed E-state index contributed by atoms with van der Waals surface area (Å²) in [5.74, 6) is 2.27. The predicted molar refractivity (Wildman–Crippen MR) is 71.7 cm³/mol. The average molecular weight is 258 g/mol. The fourth-order valence-electron chi connectivity index (χ4n) is 2.11. The van der Waals surface area contributed by atoms with E-state index in [0.717, 1.165) is 29.2 Å². The van der Waals surface area contributed by atoms with Crippen molar-refractivity contribution in [2.24, 2.45) is 0 Å². The fraction of sp³-hybridized carbons (Fsp3) is 0.250. The summed E-state index contributed by atoms with van der Waals surface area (Å²) in [6, 6.07) is 5.79. The van der Waals surface area contributed by atoms with Crippen molar-refractivity contribution in [1.29, 1.82) is 0 Å². The number of fused-ring (bicyclic) bond motifs is 1. The SMILES string of the molecule is CCn1c(-c2nc(N)n[nH]2)nc2cc(OC)ccc21. The monoisotopic (exact) mass is 258 g/mol. The molecule has 3 N–H and O–H groups in total. The van der Waals surface area contributed by atoms with E-state index >= 15 is 0 Å². The first-order valence-corrected chi connectivity index (χ1v) is 5.95. The normalized spacial score (nSPS) is 11.1. The van der Waals surface area contributed by atoms with E-state index in [1.54, 1.807) is 7.11 Å². The Bertz CT molecular complexity index is 729. The largest absolute Gasteiger partial charge is 0.497 e. The van der Waals surface area contributed by atoms with Gasteiger partial charge in [-0.15, -0.1) is 5.10 Å². The van der Waals surface area contributed by atoms with E-state index in [9.17, 15) is 0 Å². The minimum atomic E-state index is 0.210. The molecule has 19 heavy (non-hydrogen) atoms. The van der Waals surface area contributed by atoms with Crippen LogP contribution < -0.4 is 10.5 Å². The van der Waals surface area contributed by atoms with E-state index in [-0.39, 0.29) is 5.95 Å². The summed E-state index contributed by atoms with van der Waals surface area (Å²) in [5.41, 5.74) is 7.41. The maximum Gasteiger partial charge on any atom is 0.239 e. The number of benzene rings is 1. The van der Waals surface area contributed by atoms with E-state index in [0.29, 0.717) is 5.82 Å². The predicted octanol–water partition coefficient (Wildman–Crippen LogP) is 1.43. The van der Waals surface area contributed by atoms with Gasteiger partial charge in [-0.1, -0.05) is 0 Å². The zero-order chi connectivity index (χ0) is 13.4. The highest BCUT2D eigenvalue weighted by molar-refractivity contribution is 5.81. The molecule has 0 aliphatic rings. The summed E-state index contributed by atoms with van der Waals surface area (Å²) in [6.07, 6.45) is 0. The molecule has 0 unspecified atom stereocenters. The van der Waals surface area contributed by atoms with E-state index in [2.05, 4.69) is 31.7 Å². The van der Waals surface area contributed by atoms with Crippen molar-refractivity contribution in [1.82, 2.24) is 24.7 Å². The van der Waals surface area contributed by atoms with E-state index in [1.165, 1.54) is 0 Å². The Morgan fingerprint density at radius 2 is 2.21 bits per heavy atom. The van der Waals surface area contributed by atoms with Gasteiger partial charge in [0, 0.05) is 12.6 Å². The van der Waals surface area contributed by atoms with E-state index < -0.39 is 0 Å². The van der Waals surface area contributed by atoms with Crippen molar-refractivity contribution in [3.8, 4) is 17.4 Å². The molecule has 2 heterocycles. The van der Waals surface area contributed by atoms with Crippen LogP contribution in [-0.4, -0.2) is 31.8 Å². The number of nitrogens with one attached hydrogen (secondary N) is 1. The first kappa shape index (κ1) is 11.5. The molecule has 0 saturated heterocycles. The number of rotatable bonds is 3. The van der Waals surface area contributed by atoms with Gasteiger partial charge in [0.05, 0.1) is 18.1 Å². The van der Waals surface area contributed by atoms with Crippen LogP contribution in [0.25, 0.3) is 22.7 Å². The summed E-state index contributed by atoms with van der Waals surface area (Å²) in [5, 5.41) is 6.62. The van der Waals surface area contributed by atoms with Crippen molar-refractivity contribution < 1.29 is 4.74 Å². The molecule has 3 rings (SSSR count). The van der Waals surface area contributed by atoms with Gasteiger partial charge >= 0.3 is 0 Å². The number of aromatic amines is 1. The molecule has 98 valence electrons. The summed E-state index contributed by atoms with van der Waals surface area (Å²) in [6.45, 7) is 2.83. The standard InChI is InChI=1S/C12H14N6O/c1-3-18-9-5-4-7(19-2)6-8(9)14-11(18)10-15-12(13)17-16-10/h4-6H,3H2,1-2H3,(H3,13,15,16,17). The van der Waals surface area contributed by atoms with Crippen LogP contribution in [0.15, 0.2) is 18.2 Å². The second kappa shape index (κ2) is 4.27. The van der Waals surface area contributed by atoms with Crippen molar-refractivity contribution in [3.05, 3.63) is 18.2 Å². The first-order valence-electron chi connectivity index (χ1n) is 5.95. The summed E-state index contributed by atoms with van der Waals surface area (Å²) >= 11 is 0. The van der Waals surface area contributed by atoms with Crippen molar-refractivity contribution in [2.45, 2.75) is 13.5 Å². The Morgan fingerprint density at radius 1 is 1.37 bits per heavy atom. The lowest BCUT2D eigenvalue weighted by molar-refractivity contribution is 0.415. The zero-order valence-electron chi connectivity index (χ0n) is 10.7. The highest BCUT2D eigenvalue weighted by Gasteiger charge is 2.15. The van der Waals surface area contributed by atoms with Crippen LogP contribution >= 0.6 is 0 Å². The molecule has 0 atom stereocenters. The molecule has 1 aromatic carbocycles. The number of ether oxygens (including phenoxy) is 1. The molecule has 0 aliphatic heterocycles. The van der Waals surface area contributed by atoms with Gasteiger partial charge in [-0.25, -0.2) is 4.98 Å². The average Bonchev–Trinajstić information content (AvgIpc) is 3.00. The van der Waals surface area contributed by atoms with Crippen LogP contribution in [0, 0.1) is 0 Å². The number of aromatic nitrogens is 5. The van der Waals surface area contributed by atoms with Gasteiger partial charge in [0.25, 0.3) is 0 Å². The van der Waals surface area contributed by atoms with Crippen molar-refractivity contribution in [3.63, 3.8) is 0 Å². The minimum Gasteiger partial charge on any atom is -0.497 e. The smallest absolute Gasteiger partial charge is 0.239 e. The summed E-state index contributed by atoms with van der Waals surface area (Å²) in [7, 11) is 1.63. The number of H-pyrrole nitrogens is 1. The van der Waals surface area contributed by atoms with Crippen LogP contribution in [0.1, 0.15) is 6.92 Å². The van der Waals surface area contributed by atoms with Crippen LogP contribution in [0.5, 0.6) is 5.75 Å². The summed E-state index contributed by atoms with van der Waals surface area (Å²) < 4.78 is 7.26. The van der Waals surface area contributed by atoms with Crippen LogP contribution in [0.3, 0.4) is 0 Å². The third-order valence-corrected chi connectivity index (χ3v) is 2.99. The Kier molecular flexibility index (Phi) is 2.59. The van der Waals surface area contributed by atoms with Gasteiger partial charge in [-0.3, -0.25) is 5.10 Å². The molecule has 0 saturated carbocycles. The molecule has 7 heteroatoms. The fourth-order valence-corrected chi connectivity index (χ4v) is 2.11. The van der Waals surface area contributed by atoms with Gasteiger partial charge < -0.3 is 15.0 Å². The number of imidazole rings is 1. The molecule has 0 radical (unpaired) electrons. The van der Waals surface area contributed by atoms with Crippen molar-refractivity contribution >= 4 is 17.0 Å². The number of aryl methyl sites for hydroxylation is 1. The Labute approximate surface area is 109 Å². The molecule has 0 spiro atoms. The van der Waals surface area contributed by atoms with E-state index in [4.69, 9.17) is 10.5 Å². The molecule has 0 bridgehead atoms. The highest BCUT2D eigenvalue weighted by atomic mass is 16.5. The number of anilines is 1. The molecule has 0 amide bonds. The molecule has 7 nitrogen and oxygen atoms in total. The molecular weight excluding hydrogens is 244 g/mol. The number of hydrogen-bond acceptors (Lipinski definition) is 5. The third-order valence-electron chi connectivity index (χ3n) is 2.99. The summed E-state index contributed by atoms with van der Waals surface area (Å²) in [4.78, 5) is 8.69. The maximum atomic E-state index is 5.54. The highest BCUT2D eigenvalue weighted by Crippen LogP contribution is 2.25. The Hall–Kier alpha value is -2.57. The van der Waals surface area contributed by atoms with Crippen molar-refractivity contribution in [2.75, 3.05) is 12.8 Å². The second-order valence-electron chi connectivity index (χ2n) is 4.08. The van der Waals surface area contributed by atoms with Crippen LogP contribution in [0.2, 0.25) is 0 Å². The molecule has 0 fully saturated rings. The zero-order valence-corrected chi connectivity index (χ0v) is 10.7. The lowest BCUT2D eigenvalue weighted by atomic mass is 10.3. The van der Waals surface area contributed by atoms with E-state index in [1.807, 2.05) is 18.2 Å². The molecule has 2 aromatic heterocycles. The number of nitrogen functional groups attached to an aromatic ring is 1. The van der Waals surface area contributed by atoms with Gasteiger partial charge in [-0.2, -0.15) is 4.98 Å². The van der Waals surface area contributed by atoms with Gasteiger partial charge in [-0.05, 0) is 19.1 Å². The Balaban J connectivity index is 2.24. The first-order chi connectivity index (χ1) is 9.22. The van der Waals surface area contributed by atoms with Crippen LogP contribution in [-0.2, 0) is 6.54 Å². The Morgan fingerprint density at radius 3 is 2.84 bits per heavy atom. The molecule has 0 aliphatic carbocycles. The maximum absolute atomic E-state index is 5.54.